The molecule has 108 valence electrons. The van der Waals surface area contributed by atoms with Gasteiger partial charge in [-0.05, 0) is 44.5 Å². The molecule has 0 bridgehead atoms. The van der Waals surface area contributed by atoms with Crippen LogP contribution in [0.3, 0.4) is 0 Å². The van der Waals surface area contributed by atoms with Gasteiger partial charge in [-0.25, -0.2) is 0 Å². The Balaban J connectivity index is 2.16. The molecule has 1 atom stereocenters. The van der Waals surface area contributed by atoms with Crippen molar-refractivity contribution in [3.63, 3.8) is 0 Å². The van der Waals surface area contributed by atoms with Crippen LogP contribution in [0.1, 0.15) is 35.7 Å². The lowest BCUT2D eigenvalue weighted by molar-refractivity contribution is -0.112. The number of piperidine rings is 1. The third kappa shape index (κ3) is 3.45. The minimum Gasteiger partial charge on any atom is -0.496 e. The van der Waals surface area contributed by atoms with Crippen molar-refractivity contribution in [2.75, 3.05) is 20.2 Å². The average molecular weight is 275 g/mol. The molecule has 0 spiro atoms. The Kier molecular flexibility index (Phi) is 4.90. The molecule has 1 aliphatic rings. The number of carbonyl (C=O) groups is 2. The number of ether oxygens (including phenoxy) is 1. The molecule has 2 rings (SSSR count). The van der Waals surface area contributed by atoms with Gasteiger partial charge in [-0.15, -0.1) is 0 Å². The second-order valence-electron chi connectivity index (χ2n) is 5.36. The number of Topliss-reactive ketones (excluding diaryl/α,β-unsaturated/α-hetero) is 1. The number of methoxy groups -OCH3 is 1. The van der Waals surface area contributed by atoms with Crippen molar-refractivity contribution >= 4 is 12.1 Å². The topological polar surface area (TPSA) is 46.6 Å². The van der Waals surface area contributed by atoms with Crippen molar-refractivity contribution in [2.45, 2.75) is 26.3 Å². The quantitative estimate of drug-likeness (QED) is 0.611. The highest BCUT2D eigenvalue weighted by molar-refractivity contribution is 5.94. The standard InChI is InChI=1S/C16H21NO3/c1-12(19)14-5-6-16(20-2)15(8-14)10-17-7-3-4-13(9-17)11-18/h5-6,8,11,13H,3-4,7,9-10H2,1-2H3. The molecule has 0 saturated carbocycles. The van der Waals surface area contributed by atoms with Crippen LogP contribution in [0.5, 0.6) is 5.75 Å². The van der Waals surface area contributed by atoms with E-state index in [9.17, 15) is 9.59 Å². The SMILES string of the molecule is COc1ccc(C(C)=O)cc1CN1CCCC(C=O)C1. The van der Waals surface area contributed by atoms with Gasteiger partial charge >= 0.3 is 0 Å². The molecule has 0 radical (unpaired) electrons. The van der Waals surface area contributed by atoms with Crippen molar-refractivity contribution in [3.8, 4) is 5.75 Å². The molecule has 0 aliphatic carbocycles. The van der Waals surface area contributed by atoms with Crippen LogP contribution in [-0.4, -0.2) is 37.2 Å². The summed E-state index contributed by atoms with van der Waals surface area (Å²) in [5.74, 6) is 0.979. The van der Waals surface area contributed by atoms with Gasteiger partial charge in [0.25, 0.3) is 0 Å². The van der Waals surface area contributed by atoms with Gasteiger partial charge < -0.3 is 9.53 Å². The van der Waals surface area contributed by atoms with Gasteiger partial charge in [-0.3, -0.25) is 9.69 Å². The Morgan fingerprint density at radius 2 is 2.30 bits per heavy atom. The van der Waals surface area contributed by atoms with E-state index in [-0.39, 0.29) is 11.7 Å². The minimum atomic E-state index is 0.0540. The normalized spacial score (nSPS) is 19.6. The first-order valence-electron chi connectivity index (χ1n) is 6.99. The number of aldehydes is 1. The first kappa shape index (κ1) is 14.7. The summed E-state index contributed by atoms with van der Waals surface area (Å²) in [6.45, 7) is 4.05. The predicted molar refractivity (Wildman–Crippen MR) is 77.1 cm³/mol. The maximum absolute atomic E-state index is 11.5. The summed E-state index contributed by atoms with van der Waals surface area (Å²) in [6.07, 6.45) is 3.07. The number of likely N-dealkylation sites (tertiary alicyclic amines) is 1. The number of ketones is 1. The van der Waals surface area contributed by atoms with E-state index >= 15 is 0 Å². The van der Waals surface area contributed by atoms with Crippen LogP contribution in [0.4, 0.5) is 0 Å². The van der Waals surface area contributed by atoms with Gasteiger partial charge in [0.2, 0.25) is 0 Å². The Hall–Kier alpha value is -1.68. The number of carbonyl (C=O) groups excluding carboxylic acids is 2. The lowest BCUT2D eigenvalue weighted by atomic mass is 9.98. The fraction of sp³-hybridized carbons (Fsp3) is 0.500. The van der Waals surface area contributed by atoms with Crippen LogP contribution in [-0.2, 0) is 11.3 Å². The van der Waals surface area contributed by atoms with Crippen LogP contribution >= 0.6 is 0 Å². The van der Waals surface area contributed by atoms with Crippen LogP contribution in [0.15, 0.2) is 18.2 Å². The molecule has 1 fully saturated rings. The third-order valence-electron chi connectivity index (χ3n) is 3.82. The summed E-state index contributed by atoms with van der Waals surface area (Å²) in [5.41, 5.74) is 1.71. The monoisotopic (exact) mass is 275 g/mol. The molecular formula is C16H21NO3. The smallest absolute Gasteiger partial charge is 0.159 e. The second kappa shape index (κ2) is 6.66. The number of nitrogens with zero attached hydrogens (tertiary/aromatic N) is 1. The Labute approximate surface area is 119 Å². The second-order valence-corrected chi connectivity index (χ2v) is 5.36. The molecule has 4 nitrogen and oxygen atoms in total. The van der Waals surface area contributed by atoms with Crippen molar-refractivity contribution in [1.29, 1.82) is 0 Å². The predicted octanol–water partition coefficient (Wildman–Crippen LogP) is 2.31. The summed E-state index contributed by atoms with van der Waals surface area (Å²) < 4.78 is 5.37. The van der Waals surface area contributed by atoms with Gasteiger partial charge in [0.1, 0.15) is 12.0 Å². The van der Waals surface area contributed by atoms with Crippen LogP contribution < -0.4 is 4.74 Å². The summed E-state index contributed by atoms with van der Waals surface area (Å²) in [4.78, 5) is 24.7. The molecule has 0 aromatic heterocycles. The fourth-order valence-corrected chi connectivity index (χ4v) is 2.71. The molecule has 1 saturated heterocycles. The lowest BCUT2D eigenvalue weighted by Crippen LogP contribution is -2.35. The fourth-order valence-electron chi connectivity index (χ4n) is 2.71. The zero-order chi connectivity index (χ0) is 14.5. The molecule has 1 aromatic carbocycles. The number of benzene rings is 1. The van der Waals surface area contributed by atoms with Crippen molar-refractivity contribution in [1.82, 2.24) is 4.90 Å². The van der Waals surface area contributed by atoms with E-state index in [0.717, 1.165) is 43.5 Å². The van der Waals surface area contributed by atoms with Crippen LogP contribution in [0.2, 0.25) is 0 Å². The van der Waals surface area contributed by atoms with E-state index in [1.54, 1.807) is 20.1 Å². The molecule has 4 heteroatoms. The zero-order valence-electron chi connectivity index (χ0n) is 12.1. The molecule has 1 heterocycles. The van der Waals surface area contributed by atoms with E-state index in [1.807, 2.05) is 12.1 Å². The van der Waals surface area contributed by atoms with E-state index in [0.29, 0.717) is 12.1 Å². The Bertz CT molecular complexity index is 498. The minimum absolute atomic E-state index is 0.0540. The highest BCUT2D eigenvalue weighted by Crippen LogP contribution is 2.24. The highest BCUT2D eigenvalue weighted by Gasteiger charge is 2.20. The van der Waals surface area contributed by atoms with Crippen molar-refractivity contribution in [2.24, 2.45) is 5.92 Å². The number of rotatable bonds is 5. The largest absolute Gasteiger partial charge is 0.496 e. The van der Waals surface area contributed by atoms with Gasteiger partial charge in [0.05, 0.1) is 7.11 Å². The first-order chi connectivity index (χ1) is 9.63. The lowest BCUT2D eigenvalue weighted by Gasteiger charge is -2.30. The summed E-state index contributed by atoms with van der Waals surface area (Å²) in [6, 6.07) is 5.52. The summed E-state index contributed by atoms with van der Waals surface area (Å²) >= 11 is 0. The zero-order valence-corrected chi connectivity index (χ0v) is 12.1. The van der Waals surface area contributed by atoms with Crippen LogP contribution in [0, 0.1) is 5.92 Å². The van der Waals surface area contributed by atoms with E-state index < -0.39 is 0 Å². The molecular weight excluding hydrogens is 254 g/mol. The number of hydrogen-bond donors (Lipinski definition) is 0. The highest BCUT2D eigenvalue weighted by atomic mass is 16.5. The van der Waals surface area contributed by atoms with Gasteiger partial charge in [0, 0.05) is 30.1 Å². The maximum atomic E-state index is 11.5. The molecule has 20 heavy (non-hydrogen) atoms. The van der Waals surface area contributed by atoms with Crippen molar-refractivity contribution < 1.29 is 14.3 Å². The van der Waals surface area contributed by atoms with E-state index in [4.69, 9.17) is 4.74 Å². The molecule has 0 N–H and O–H groups in total. The van der Waals surface area contributed by atoms with Gasteiger partial charge in [0.15, 0.2) is 5.78 Å². The molecule has 0 amide bonds. The summed E-state index contributed by atoms with van der Waals surface area (Å²) in [7, 11) is 1.64. The summed E-state index contributed by atoms with van der Waals surface area (Å²) in [5, 5.41) is 0. The third-order valence-corrected chi connectivity index (χ3v) is 3.82. The Morgan fingerprint density at radius 3 is 2.95 bits per heavy atom. The van der Waals surface area contributed by atoms with Gasteiger partial charge in [-0.2, -0.15) is 0 Å². The average Bonchev–Trinajstić information content (AvgIpc) is 2.47. The first-order valence-corrected chi connectivity index (χ1v) is 6.99. The maximum Gasteiger partial charge on any atom is 0.159 e. The molecule has 1 unspecified atom stereocenters. The number of hydrogen-bond acceptors (Lipinski definition) is 4. The van der Waals surface area contributed by atoms with E-state index in [1.165, 1.54) is 0 Å². The molecule has 1 aromatic rings. The van der Waals surface area contributed by atoms with Gasteiger partial charge in [-0.1, -0.05) is 0 Å². The Morgan fingerprint density at radius 1 is 1.50 bits per heavy atom. The van der Waals surface area contributed by atoms with Crippen molar-refractivity contribution in [3.05, 3.63) is 29.3 Å². The molecule has 1 aliphatic heterocycles. The van der Waals surface area contributed by atoms with E-state index in [2.05, 4.69) is 4.90 Å². The van der Waals surface area contributed by atoms with Crippen LogP contribution in [0.25, 0.3) is 0 Å².